The second-order valence-corrected chi connectivity index (χ2v) is 4.07. The predicted molar refractivity (Wildman–Crippen MR) is 43.3 cm³/mol. The lowest BCUT2D eigenvalue weighted by molar-refractivity contribution is -0.264. The van der Waals surface area contributed by atoms with Crippen LogP contribution >= 0.6 is 0 Å². The Balaban J connectivity index is 2.68. The topological polar surface area (TPSA) is 20.2 Å². The third-order valence-corrected chi connectivity index (χ3v) is 2.87. The molecule has 0 bridgehead atoms. The Hall–Kier alpha value is -0.250. The molecular formula is C9H15F3O. The largest absolute Gasteiger partial charge is 0.417 e. The molecule has 2 unspecified atom stereocenters. The molecule has 1 aliphatic carbocycles. The third-order valence-electron chi connectivity index (χ3n) is 2.87. The monoisotopic (exact) mass is 196 g/mol. The van der Waals surface area contributed by atoms with E-state index in [2.05, 4.69) is 0 Å². The Kier molecular flexibility index (Phi) is 2.90. The molecule has 0 radical (unpaired) electrons. The smallest absolute Gasteiger partial charge is 0.380 e. The zero-order valence-corrected chi connectivity index (χ0v) is 7.69. The second-order valence-electron chi connectivity index (χ2n) is 4.07. The Labute approximate surface area is 75.9 Å². The first-order valence-electron chi connectivity index (χ1n) is 4.64. The third kappa shape index (κ3) is 2.36. The van der Waals surface area contributed by atoms with Crippen LogP contribution in [0.1, 0.15) is 39.0 Å². The van der Waals surface area contributed by atoms with E-state index in [1.807, 2.05) is 6.92 Å². The standard InChI is InChI=1S/C9H15F3O/c1-7-3-2-5-8(13,6-4-7)9(10,11)12/h7,13H,2-6H2,1H3. The van der Waals surface area contributed by atoms with Crippen molar-refractivity contribution < 1.29 is 18.3 Å². The fourth-order valence-electron chi connectivity index (χ4n) is 1.78. The van der Waals surface area contributed by atoms with Gasteiger partial charge < -0.3 is 5.11 Å². The Bertz CT molecular complexity index is 178. The van der Waals surface area contributed by atoms with Crippen LogP contribution < -0.4 is 0 Å². The van der Waals surface area contributed by atoms with Crippen molar-refractivity contribution in [1.29, 1.82) is 0 Å². The van der Waals surface area contributed by atoms with Crippen LogP contribution in [0.25, 0.3) is 0 Å². The molecule has 1 nitrogen and oxygen atoms in total. The molecule has 0 spiro atoms. The van der Waals surface area contributed by atoms with Crippen molar-refractivity contribution in [3.63, 3.8) is 0 Å². The van der Waals surface area contributed by atoms with Crippen LogP contribution in [0.4, 0.5) is 13.2 Å². The van der Waals surface area contributed by atoms with Crippen LogP contribution in [-0.2, 0) is 0 Å². The zero-order valence-electron chi connectivity index (χ0n) is 7.69. The van der Waals surface area contributed by atoms with Gasteiger partial charge in [-0.2, -0.15) is 13.2 Å². The van der Waals surface area contributed by atoms with Gasteiger partial charge in [0.2, 0.25) is 0 Å². The first-order chi connectivity index (χ1) is 5.85. The normalized spacial score (nSPS) is 37.2. The van der Waals surface area contributed by atoms with Crippen LogP contribution in [0.3, 0.4) is 0 Å². The highest BCUT2D eigenvalue weighted by Crippen LogP contribution is 2.41. The average molecular weight is 196 g/mol. The molecule has 0 aromatic carbocycles. The minimum Gasteiger partial charge on any atom is -0.380 e. The summed E-state index contributed by atoms with van der Waals surface area (Å²) in [4.78, 5) is 0. The summed E-state index contributed by atoms with van der Waals surface area (Å²) in [6.45, 7) is 1.93. The maximum Gasteiger partial charge on any atom is 0.417 e. The minimum atomic E-state index is -4.46. The molecule has 1 aliphatic rings. The average Bonchev–Trinajstić information content (AvgIpc) is 2.13. The van der Waals surface area contributed by atoms with Crippen LogP contribution in [0.5, 0.6) is 0 Å². The van der Waals surface area contributed by atoms with Crippen LogP contribution in [0.2, 0.25) is 0 Å². The van der Waals surface area contributed by atoms with Gasteiger partial charge >= 0.3 is 6.18 Å². The van der Waals surface area contributed by atoms with E-state index in [0.717, 1.165) is 6.42 Å². The summed E-state index contributed by atoms with van der Waals surface area (Å²) < 4.78 is 37.1. The van der Waals surface area contributed by atoms with E-state index in [9.17, 15) is 18.3 Å². The van der Waals surface area contributed by atoms with Gasteiger partial charge in [0, 0.05) is 0 Å². The number of hydrogen-bond donors (Lipinski definition) is 1. The summed E-state index contributed by atoms with van der Waals surface area (Å²) >= 11 is 0. The van der Waals surface area contributed by atoms with Crippen molar-refractivity contribution >= 4 is 0 Å². The van der Waals surface area contributed by atoms with Crippen LogP contribution in [0, 0.1) is 5.92 Å². The van der Waals surface area contributed by atoms with Crippen molar-refractivity contribution in [2.75, 3.05) is 0 Å². The lowest BCUT2D eigenvalue weighted by Gasteiger charge is -2.29. The first-order valence-corrected chi connectivity index (χ1v) is 4.64. The van der Waals surface area contributed by atoms with E-state index in [-0.39, 0.29) is 12.8 Å². The summed E-state index contributed by atoms with van der Waals surface area (Å²) in [5.41, 5.74) is -2.42. The number of aliphatic hydroxyl groups is 1. The highest BCUT2D eigenvalue weighted by molar-refractivity contribution is 4.88. The molecule has 2 atom stereocenters. The predicted octanol–water partition coefficient (Wildman–Crippen LogP) is 2.88. The van der Waals surface area contributed by atoms with Crippen molar-refractivity contribution in [1.82, 2.24) is 0 Å². The van der Waals surface area contributed by atoms with Crippen molar-refractivity contribution in [3.05, 3.63) is 0 Å². The summed E-state index contributed by atoms with van der Waals surface area (Å²) in [6.07, 6.45) is -3.01. The molecule has 0 aromatic heterocycles. The quantitative estimate of drug-likeness (QED) is 0.590. The molecule has 1 rings (SSSR count). The molecule has 0 heterocycles. The molecule has 4 heteroatoms. The van der Waals surface area contributed by atoms with E-state index in [0.29, 0.717) is 18.8 Å². The van der Waals surface area contributed by atoms with Gasteiger partial charge in [-0.25, -0.2) is 0 Å². The van der Waals surface area contributed by atoms with E-state index in [4.69, 9.17) is 0 Å². The number of alkyl halides is 3. The van der Waals surface area contributed by atoms with E-state index >= 15 is 0 Å². The number of halogens is 3. The SMILES string of the molecule is CC1CCCC(O)(C(F)(F)F)CC1. The lowest BCUT2D eigenvalue weighted by Crippen LogP contribution is -2.44. The van der Waals surface area contributed by atoms with Gasteiger partial charge in [-0.05, 0) is 31.6 Å². The Morgan fingerprint density at radius 2 is 1.85 bits per heavy atom. The fraction of sp³-hybridized carbons (Fsp3) is 1.00. The van der Waals surface area contributed by atoms with Crippen molar-refractivity contribution in [2.24, 2.45) is 5.92 Å². The van der Waals surface area contributed by atoms with Gasteiger partial charge in [-0.3, -0.25) is 0 Å². The highest BCUT2D eigenvalue weighted by Gasteiger charge is 2.53. The zero-order chi connectivity index (χ0) is 10.1. The highest BCUT2D eigenvalue weighted by atomic mass is 19.4. The molecule has 0 amide bonds. The molecule has 0 aliphatic heterocycles. The van der Waals surface area contributed by atoms with Crippen LogP contribution in [0.15, 0.2) is 0 Å². The van der Waals surface area contributed by atoms with Crippen molar-refractivity contribution in [2.45, 2.75) is 50.8 Å². The maximum atomic E-state index is 12.4. The Morgan fingerprint density at radius 3 is 2.38 bits per heavy atom. The molecule has 0 saturated heterocycles. The molecule has 1 fully saturated rings. The molecular weight excluding hydrogens is 181 g/mol. The molecule has 13 heavy (non-hydrogen) atoms. The molecule has 1 N–H and O–H groups in total. The summed E-state index contributed by atoms with van der Waals surface area (Å²) in [5, 5.41) is 9.38. The van der Waals surface area contributed by atoms with Gasteiger partial charge in [0.25, 0.3) is 0 Å². The summed E-state index contributed by atoms with van der Waals surface area (Å²) in [7, 11) is 0. The van der Waals surface area contributed by atoms with Gasteiger partial charge in [0.05, 0.1) is 0 Å². The fourth-order valence-corrected chi connectivity index (χ4v) is 1.78. The summed E-state index contributed by atoms with van der Waals surface area (Å²) in [6, 6.07) is 0. The van der Waals surface area contributed by atoms with Crippen molar-refractivity contribution in [3.8, 4) is 0 Å². The van der Waals surface area contributed by atoms with E-state index in [1.165, 1.54) is 0 Å². The van der Waals surface area contributed by atoms with Gasteiger partial charge in [0.15, 0.2) is 5.60 Å². The maximum absolute atomic E-state index is 12.4. The van der Waals surface area contributed by atoms with E-state index in [1.54, 1.807) is 0 Å². The molecule has 1 saturated carbocycles. The first kappa shape index (κ1) is 10.8. The van der Waals surface area contributed by atoms with Gasteiger partial charge in [0.1, 0.15) is 0 Å². The Morgan fingerprint density at radius 1 is 1.23 bits per heavy atom. The lowest BCUT2D eigenvalue weighted by atomic mass is 9.93. The second kappa shape index (κ2) is 3.48. The number of rotatable bonds is 0. The van der Waals surface area contributed by atoms with Gasteiger partial charge in [-0.15, -0.1) is 0 Å². The summed E-state index contributed by atoms with van der Waals surface area (Å²) in [5.74, 6) is 0.302. The number of hydrogen-bond acceptors (Lipinski definition) is 1. The van der Waals surface area contributed by atoms with E-state index < -0.39 is 11.8 Å². The van der Waals surface area contributed by atoms with Gasteiger partial charge in [-0.1, -0.05) is 13.3 Å². The molecule has 0 aromatic rings. The minimum absolute atomic E-state index is 0.138. The molecule has 78 valence electrons. The van der Waals surface area contributed by atoms with Crippen LogP contribution in [-0.4, -0.2) is 16.9 Å².